The Morgan fingerprint density at radius 2 is 2.23 bits per heavy atom. The first-order chi connectivity index (χ1) is 6.24. The van der Waals surface area contributed by atoms with Gasteiger partial charge in [-0.05, 0) is 12.1 Å². The van der Waals surface area contributed by atoms with Crippen LogP contribution >= 0.6 is 22.9 Å². The number of hydrogen-bond donors (Lipinski definition) is 1. The highest BCUT2D eigenvalue weighted by Crippen LogP contribution is 2.43. The predicted molar refractivity (Wildman–Crippen MR) is 57.8 cm³/mol. The Kier molecular flexibility index (Phi) is 2.06. The van der Waals surface area contributed by atoms with Gasteiger partial charge in [-0.3, -0.25) is 0 Å². The van der Waals surface area contributed by atoms with Crippen LogP contribution in [0, 0.1) is 0 Å². The number of fused-ring (bicyclic) bond motifs is 1. The van der Waals surface area contributed by atoms with Crippen LogP contribution < -0.4 is 10.5 Å². The van der Waals surface area contributed by atoms with Crippen LogP contribution in [0.15, 0.2) is 18.2 Å². The van der Waals surface area contributed by atoms with Crippen molar-refractivity contribution in [2.24, 2.45) is 0 Å². The molecule has 0 aliphatic carbocycles. The minimum atomic E-state index is 0.672. The second-order valence-corrected chi connectivity index (χ2v) is 4.10. The number of rotatable bonds is 1. The van der Waals surface area contributed by atoms with Crippen LogP contribution in [-0.2, 0) is 0 Å². The molecule has 2 N–H and O–H groups in total. The molecule has 0 saturated heterocycles. The second-order valence-electron chi connectivity index (χ2n) is 2.61. The quantitative estimate of drug-likeness (QED) is 0.790. The monoisotopic (exact) mass is 213 g/mol. The van der Waals surface area contributed by atoms with Crippen molar-refractivity contribution in [1.29, 1.82) is 0 Å². The van der Waals surface area contributed by atoms with Crippen LogP contribution in [0.4, 0.5) is 5.00 Å². The number of hydrogen-bond acceptors (Lipinski definition) is 3. The van der Waals surface area contributed by atoms with Crippen LogP contribution in [0.1, 0.15) is 0 Å². The molecule has 2 aromatic rings. The fourth-order valence-electron chi connectivity index (χ4n) is 1.30. The normalized spacial score (nSPS) is 10.6. The summed E-state index contributed by atoms with van der Waals surface area (Å²) in [5.41, 5.74) is 5.77. The molecule has 0 amide bonds. The average Bonchev–Trinajstić information content (AvgIpc) is 2.42. The van der Waals surface area contributed by atoms with Gasteiger partial charge in [0, 0.05) is 4.70 Å². The van der Waals surface area contributed by atoms with E-state index in [1.165, 1.54) is 11.3 Å². The van der Waals surface area contributed by atoms with E-state index in [-0.39, 0.29) is 0 Å². The first kappa shape index (κ1) is 8.66. The SMILES string of the molecule is COc1c(N)sc2cccc(Cl)c12. The number of nitrogen functional groups attached to an aromatic ring is 1. The molecule has 0 spiro atoms. The lowest BCUT2D eigenvalue weighted by atomic mass is 10.2. The first-order valence-electron chi connectivity index (χ1n) is 3.74. The van der Waals surface area contributed by atoms with Crippen molar-refractivity contribution in [3.05, 3.63) is 23.2 Å². The third-order valence-electron chi connectivity index (χ3n) is 1.85. The Hall–Kier alpha value is -0.930. The van der Waals surface area contributed by atoms with E-state index in [1.807, 2.05) is 18.2 Å². The molecule has 0 fully saturated rings. The van der Waals surface area contributed by atoms with Crippen molar-refractivity contribution in [3.63, 3.8) is 0 Å². The summed E-state index contributed by atoms with van der Waals surface area (Å²) >= 11 is 7.51. The number of benzene rings is 1. The first-order valence-corrected chi connectivity index (χ1v) is 4.94. The molecule has 13 heavy (non-hydrogen) atoms. The van der Waals surface area contributed by atoms with Gasteiger partial charge in [0.1, 0.15) is 5.00 Å². The summed E-state index contributed by atoms with van der Waals surface area (Å²) in [5.74, 6) is 0.686. The highest BCUT2D eigenvalue weighted by atomic mass is 35.5. The molecule has 0 unspecified atom stereocenters. The van der Waals surface area contributed by atoms with Gasteiger partial charge >= 0.3 is 0 Å². The van der Waals surface area contributed by atoms with E-state index in [0.717, 1.165) is 10.1 Å². The third kappa shape index (κ3) is 1.24. The summed E-state index contributed by atoms with van der Waals surface area (Å²) in [6, 6.07) is 5.71. The third-order valence-corrected chi connectivity index (χ3v) is 3.13. The van der Waals surface area contributed by atoms with Gasteiger partial charge in [0.15, 0.2) is 5.75 Å². The van der Waals surface area contributed by atoms with Crippen LogP contribution in [0.3, 0.4) is 0 Å². The second kappa shape index (κ2) is 3.09. The van der Waals surface area contributed by atoms with Gasteiger partial charge in [-0.1, -0.05) is 17.7 Å². The number of ether oxygens (including phenoxy) is 1. The molecular weight excluding hydrogens is 206 g/mol. The zero-order valence-electron chi connectivity index (χ0n) is 7.00. The van der Waals surface area contributed by atoms with Gasteiger partial charge < -0.3 is 10.5 Å². The van der Waals surface area contributed by atoms with Crippen molar-refractivity contribution < 1.29 is 4.74 Å². The topological polar surface area (TPSA) is 35.2 Å². The van der Waals surface area contributed by atoms with Crippen molar-refractivity contribution in [1.82, 2.24) is 0 Å². The van der Waals surface area contributed by atoms with Gasteiger partial charge in [0.2, 0.25) is 0 Å². The van der Waals surface area contributed by atoms with Crippen molar-refractivity contribution in [2.45, 2.75) is 0 Å². The van der Waals surface area contributed by atoms with E-state index in [0.29, 0.717) is 15.8 Å². The molecule has 1 heterocycles. The number of methoxy groups -OCH3 is 1. The molecule has 0 aliphatic heterocycles. The van der Waals surface area contributed by atoms with Gasteiger partial charge in [-0.25, -0.2) is 0 Å². The molecule has 2 rings (SSSR count). The largest absolute Gasteiger partial charge is 0.493 e. The van der Waals surface area contributed by atoms with Crippen molar-refractivity contribution in [2.75, 3.05) is 12.8 Å². The van der Waals surface area contributed by atoms with Gasteiger partial charge in [0.05, 0.1) is 17.5 Å². The zero-order valence-corrected chi connectivity index (χ0v) is 8.58. The fourth-order valence-corrected chi connectivity index (χ4v) is 2.58. The summed E-state index contributed by atoms with van der Waals surface area (Å²) < 4.78 is 6.24. The molecule has 68 valence electrons. The highest BCUT2D eigenvalue weighted by molar-refractivity contribution is 7.23. The lowest BCUT2D eigenvalue weighted by molar-refractivity contribution is 0.423. The molecule has 0 aliphatic rings. The highest BCUT2D eigenvalue weighted by Gasteiger charge is 2.12. The van der Waals surface area contributed by atoms with Crippen LogP contribution in [0.5, 0.6) is 5.75 Å². The number of anilines is 1. The van der Waals surface area contributed by atoms with Crippen LogP contribution in [-0.4, -0.2) is 7.11 Å². The molecule has 0 saturated carbocycles. The van der Waals surface area contributed by atoms with Gasteiger partial charge in [-0.2, -0.15) is 0 Å². The summed E-state index contributed by atoms with van der Waals surface area (Å²) in [5, 5.41) is 2.27. The molecular formula is C9H8ClNOS. The standard InChI is InChI=1S/C9H8ClNOS/c1-12-8-7-5(10)3-2-4-6(7)13-9(8)11/h2-4H,11H2,1H3. The lowest BCUT2D eigenvalue weighted by Crippen LogP contribution is -1.86. The summed E-state index contributed by atoms with van der Waals surface area (Å²) in [6.45, 7) is 0. The van der Waals surface area contributed by atoms with Gasteiger partial charge in [-0.15, -0.1) is 11.3 Å². The Labute approximate surface area is 84.9 Å². The van der Waals surface area contributed by atoms with Crippen molar-refractivity contribution in [3.8, 4) is 5.75 Å². The minimum absolute atomic E-state index is 0.672. The van der Waals surface area contributed by atoms with E-state index in [1.54, 1.807) is 7.11 Å². The predicted octanol–water partition coefficient (Wildman–Crippen LogP) is 3.15. The molecule has 1 aromatic carbocycles. The molecule has 4 heteroatoms. The molecule has 0 radical (unpaired) electrons. The van der Waals surface area contributed by atoms with Crippen LogP contribution in [0.25, 0.3) is 10.1 Å². The Morgan fingerprint density at radius 3 is 2.92 bits per heavy atom. The maximum atomic E-state index is 6.03. The number of halogens is 1. The Balaban J connectivity index is 2.88. The van der Waals surface area contributed by atoms with E-state index >= 15 is 0 Å². The van der Waals surface area contributed by atoms with E-state index in [4.69, 9.17) is 22.1 Å². The Morgan fingerprint density at radius 1 is 1.46 bits per heavy atom. The Bertz CT molecular complexity index is 452. The molecule has 1 aromatic heterocycles. The van der Waals surface area contributed by atoms with Crippen LogP contribution in [0.2, 0.25) is 5.02 Å². The van der Waals surface area contributed by atoms with E-state index in [2.05, 4.69) is 0 Å². The summed E-state index contributed by atoms with van der Waals surface area (Å²) in [6.07, 6.45) is 0. The van der Waals surface area contributed by atoms with Gasteiger partial charge in [0.25, 0.3) is 0 Å². The average molecular weight is 214 g/mol. The summed E-state index contributed by atoms with van der Waals surface area (Å²) in [7, 11) is 1.60. The molecule has 2 nitrogen and oxygen atoms in total. The van der Waals surface area contributed by atoms with Crippen molar-refractivity contribution >= 4 is 38.0 Å². The number of thiophene rings is 1. The fraction of sp³-hybridized carbons (Fsp3) is 0.111. The lowest BCUT2D eigenvalue weighted by Gasteiger charge is -1.99. The molecule has 0 bridgehead atoms. The minimum Gasteiger partial charge on any atom is -0.493 e. The van der Waals surface area contributed by atoms with E-state index in [9.17, 15) is 0 Å². The molecule has 0 atom stereocenters. The van der Waals surface area contributed by atoms with E-state index < -0.39 is 0 Å². The smallest absolute Gasteiger partial charge is 0.162 e. The summed E-state index contributed by atoms with van der Waals surface area (Å²) in [4.78, 5) is 0. The maximum Gasteiger partial charge on any atom is 0.162 e. The zero-order chi connectivity index (χ0) is 9.42. The number of nitrogens with two attached hydrogens (primary N) is 1. The maximum absolute atomic E-state index is 6.03.